The van der Waals surface area contributed by atoms with E-state index >= 15 is 0 Å². The van der Waals surface area contributed by atoms with Crippen LogP contribution < -0.4 is 5.32 Å². The maximum absolute atomic E-state index is 11.0. The molecule has 0 fully saturated rings. The molecule has 0 atom stereocenters. The number of carboxylic acids is 1. The molecule has 1 heterocycles. The largest absolute Gasteiger partial charge is 0.481 e. The molecule has 0 unspecified atom stereocenters. The average molecular weight is 272 g/mol. The molecule has 0 amide bonds. The van der Waals surface area contributed by atoms with Gasteiger partial charge in [-0.1, -0.05) is 12.1 Å². The first-order chi connectivity index (χ1) is 9.49. The van der Waals surface area contributed by atoms with Gasteiger partial charge in [0.1, 0.15) is 0 Å². The smallest absolute Gasteiger partial charge is 0.309 e. The van der Waals surface area contributed by atoms with Gasteiger partial charge in [0, 0.05) is 18.1 Å². The average Bonchev–Trinajstić information content (AvgIpc) is 2.43. The van der Waals surface area contributed by atoms with Crippen LogP contribution in [-0.4, -0.2) is 22.6 Å². The Morgan fingerprint density at radius 1 is 1.35 bits per heavy atom. The van der Waals surface area contributed by atoms with Crippen LogP contribution in [-0.2, 0) is 11.3 Å². The van der Waals surface area contributed by atoms with Gasteiger partial charge in [-0.25, -0.2) is 0 Å². The summed E-state index contributed by atoms with van der Waals surface area (Å²) in [6.45, 7) is 4.92. The van der Waals surface area contributed by atoms with E-state index in [0.29, 0.717) is 13.0 Å². The molecule has 2 N–H and O–H groups in total. The number of rotatable bonds is 6. The summed E-state index contributed by atoms with van der Waals surface area (Å²) in [5.41, 5.74) is 1.49. The van der Waals surface area contributed by atoms with Crippen molar-refractivity contribution in [2.24, 2.45) is 5.41 Å². The van der Waals surface area contributed by atoms with Crippen molar-refractivity contribution in [1.29, 1.82) is 0 Å². The lowest BCUT2D eigenvalue weighted by molar-refractivity contribution is -0.147. The van der Waals surface area contributed by atoms with Crippen molar-refractivity contribution in [3.8, 4) is 0 Å². The minimum absolute atomic E-state index is 0.609. The normalized spacial score (nSPS) is 11.7. The predicted octanol–water partition coefficient (Wildman–Crippen LogP) is 2.83. The van der Waals surface area contributed by atoms with E-state index in [1.807, 2.05) is 24.3 Å². The molecule has 0 aliphatic heterocycles. The van der Waals surface area contributed by atoms with Crippen LogP contribution in [0.5, 0.6) is 0 Å². The highest BCUT2D eigenvalue weighted by molar-refractivity contribution is 5.78. The summed E-state index contributed by atoms with van der Waals surface area (Å²) in [6.07, 6.45) is 2.39. The molecule has 1 aromatic heterocycles. The second-order valence-corrected chi connectivity index (χ2v) is 5.65. The fraction of sp³-hybridized carbons (Fsp3) is 0.375. The molecule has 20 heavy (non-hydrogen) atoms. The number of nitrogens with one attached hydrogen (secondary N) is 1. The Bertz CT molecular complexity index is 608. The molecule has 0 saturated heterocycles. The van der Waals surface area contributed by atoms with E-state index in [-0.39, 0.29) is 0 Å². The summed E-state index contributed by atoms with van der Waals surface area (Å²) < 4.78 is 0. The third-order valence-electron chi connectivity index (χ3n) is 3.50. The molecule has 0 aliphatic rings. The van der Waals surface area contributed by atoms with Gasteiger partial charge in [-0.15, -0.1) is 0 Å². The minimum Gasteiger partial charge on any atom is -0.481 e. The molecule has 4 nitrogen and oxygen atoms in total. The van der Waals surface area contributed by atoms with Crippen LogP contribution in [0.4, 0.5) is 0 Å². The molecule has 2 aromatic rings. The van der Waals surface area contributed by atoms with E-state index in [2.05, 4.69) is 16.4 Å². The molecule has 106 valence electrons. The Labute approximate surface area is 118 Å². The molecule has 0 saturated carbocycles. The third-order valence-corrected chi connectivity index (χ3v) is 3.50. The van der Waals surface area contributed by atoms with E-state index < -0.39 is 11.4 Å². The maximum atomic E-state index is 11.0. The number of pyridine rings is 1. The quantitative estimate of drug-likeness (QED) is 0.794. The zero-order valence-corrected chi connectivity index (χ0v) is 11.9. The first-order valence-electron chi connectivity index (χ1n) is 6.77. The molecule has 1 aromatic carbocycles. The number of aromatic nitrogens is 1. The number of fused-ring (bicyclic) bond motifs is 1. The van der Waals surface area contributed by atoms with Gasteiger partial charge in [0.05, 0.1) is 10.9 Å². The molecular weight excluding hydrogens is 252 g/mol. The Kier molecular flexibility index (Phi) is 4.35. The summed E-state index contributed by atoms with van der Waals surface area (Å²) in [4.78, 5) is 15.3. The number of aliphatic carboxylic acids is 1. The molecular formula is C16H20N2O2. The Balaban J connectivity index is 1.88. The van der Waals surface area contributed by atoms with Crippen molar-refractivity contribution >= 4 is 16.9 Å². The van der Waals surface area contributed by atoms with Crippen molar-refractivity contribution < 1.29 is 9.90 Å². The fourth-order valence-electron chi connectivity index (χ4n) is 1.98. The maximum Gasteiger partial charge on any atom is 0.309 e. The van der Waals surface area contributed by atoms with Gasteiger partial charge in [-0.3, -0.25) is 9.78 Å². The lowest BCUT2D eigenvalue weighted by Crippen LogP contribution is -2.28. The van der Waals surface area contributed by atoms with Crippen LogP contribution in [0.1, 0.15) is 25.8 Å². The van der Waals surface area contributed by atoms with E-state index in [0.717, 1.165) is 17.4 Å². The van der Waals surface area contributed by atoms with Gasteiger partial charge in [0.15, 0.2) is 0 Å². The summed E-state index contributed by atoms with van der Waals surface area (Å²) >= 11 is 0. The van der Waals surface area contributed by atoms with Gasteiger partial charge in [0.25, 0.3) is 0 Å². The lowest BCUT2D eigenvalue weighted by atomic mass is 9.90. The zero-order valence-electron chi connectivity index (χ0n) is 11.9. The van der Waals surface area contributed by atoms with Crippen molar-refractivity contribution in [1.82, 2.24) is 10.3 Å². The summed E-state index contributed by atoms with van der Waals surface area (Å²) in [7, 11) is 0. The molecule has 0 bridgehead atoms. The minimum atomic E-state index is -0.754. The first kappa shape index (κ1) is 14.5. The topological polar surface area (TPSA) is 62.2 Å². The number of benzene rings is 1. The standard InChI is InChI=1S/C16H20N2O2/c1-16(2,15(19)20)7-9-17-11-12-5-6-14-13(10-12)4-3-8-18-14/h3-6,8,10,17H,7,9,11H2,1-2H3,(H,19,20). The first-order valence-corrected chi connectivity index (χ1v) is 6.77. The van der Waals surface area contributed by atoms with Gasteiger partial charge in [-0.2, -0.15) is 0 Å². The lowest BCUT2D eigenvalue weighted by Gasteiger charge is -2.19. The summed E-state index contributed by atoms with van der Waals surface area (Å²) in [5.74, 6) is -0.754. The summed E-state index contributed by atoms with van der Waals surface area (Å²) in [6, 6.07) is 10.1. The van der Waals surface area contributed by atoms with Crippen LogP contribution in [0.2, 0.25) is 0 Å². The fourth-order valence-corrected chi connectivity index (χ4v) is 1.98. The number of nitrogens with zero attached hydrogens (tertiary/aromatic N) is 1. The number of carbonyl (C=O) groups is 1. The van der Waals surface area contributed by atoms with E-state index in [9.17, 15) is 4.79 Å². The Hall–Kier alpha value is -1.94. The molecule has 0 aliphatic carbocycles. The summed E-state index contributed by atoms with van der Waals surface area (Å²) in [5, 5.41) is 13.5. The molecule has 0 radical (unpaired) electrons. The van der Waals surface area contributed by atoms with Crippen molar-refractivity contribution in [3.05, 3.63) is 42.1 Å². The second-order valence-electron chi connectivity index (χ2n) is 5.65. The van der Waals surface area contributed by atoms with Crippen LogP contribution >= 0.6 is 0 Å². The predicted molar refractivity (Wildman–Crippen MR) is 79.5 cm³/mol. The Morgan fingerprint density at radius 3 is 2.90 bits per heavy atom. The number of hydrogen-bond donors (Lipinski definition) is 2. The zero-order chi connectivity index (χ0) is 14.6. The van der Waals surface area contributed by atoms with E-state index in [4.69, 9.17) is 5.11 Å². The van der Waals surface area contributed by atoms with Crippen molar-refractivity contribution in [3.63, 3.8) is 0 Å². The van der Waals surface area contributed by atoms with Crippen LogP contribution in [0.15, 0.2) is 36.5 Å². The third kappa shape index (κ3) is 3.54. The molecule has 2 rings (SSSR count). The van der Waals surface area contributed by atoms with Gasteiger partial charge in [0.2, 0.25) is 0 Å². The van der Waals surface area contributed by atoms with E-state index in [1.54, 1.807) is 20.0 Å². The Morgan fingerprint density at radius 2 is 2.15 bits per heavy atom. The van der Waals surface area contributed by atoms with Gasteiger partial charge < -0.3 is 10.4 Å². The number of hydrogen-bond acceptors (Lipinski definition) is 3. The van der Waals surface area contributed by atoms with Gasteiger partial charge in [-0.05, 0) is 50.6 Å². The second kappa shape index (κ2) is 6.01. The van der Waals surface area contributed by atoms with Crippen LogP contribution in [0.25, 0.3) is 10.9 Å². The molecule has 0 spiro atoms. The molecule has 4 heteroatoms. The van der Waals surface area contributed by atoms with Crippen LogP contribution in [0.3, 0.4) is 0 Å². The van der Waals surface area contributed by atoms with Crippen molar-refractivity contribution in [2.75, 3.05) is 6.54 Å². The monoisotopic (exact) mass is 272 g/mol. The SMILES string of the molecule is CC(C)(CCNCc1ccc2ncccc2c1)C(=O)O. The van der Waals surface area contributed by atoms with Crippen molar-refractivity contribution in [2.45, 2.75) is 26.8 Å². The highest BCUT2D eigenvalue weighted by Crippen LogP contribution is 2.19. The van der Waals surface area contributed by atoms with E-state index in [1.165, 1.54) is 5.56 Å². The highest BCUT2D eigenvalue weighted by atomic mass is 16.4. The highest BCUT2D eigenvalue weighted by Gasteiger charge is 2.25. The van der Waals surface area contributed by atoms with Crippen LogP contribution in [0, 0.1) is 5.41 Å². The van der Waals surface area contributed by atoms with Gasteiger partial charge >= 0.3 is 5.97 Å². The number of carboxylic acid groups (broad SMARTS) is 1.